The summed E-state index contributed by atoms with van der Waals surface area (Å²) in [6.07, 6.45) is 0.229. The second kappa shape index (κ2) is 8.73. The van der Waals surface area contributed by atoms with Crippen molar-refractivity contribution in [2.24, 2.45) is 10.2 Å². The van der Waals surface area contributed by atoms with E-state index in [1.54, 1.807) is 0 Å². The Morgan fingerprint density at radius 3 is 2.52 bits per heavy atom. The van der Waals surface area contributed by atoms with Crippen molar-refractivity contribution < 1.29 is 19.7 Å². The first-order valence-corrected chi connectivity index (χ1v) is 8.02. The van der Waals surface area contributed by atoms with Gasteiger partial charge in [-0.2, -0.15) is 10.4 Å². The number of ether oxygens (including phenoxy) is 1. The number of pyridine rings is 1. The molecule has 2 rings (SSSR count). The van der Waals surface area contributed by atoms with Crippen molar-refractivity contribution in [2.45, 2.75) is 19.9 Å². The van der Waals surface area contributed by atoms with Crippen LogP contribution in [0.4, 0.5) is 11.4 Å². The summed E-state index contributed by atoms with van der Waals surface area (Å²) in [5.41, 5.74) is 0.148. The van der Waals surface area contributed by atoms with E-state index in [2.05, 4.69) is 15.0 Å². The largest absolute Gasteiger partial charge is 0.493 e. The molecule has 0 saturated heterocycles. The third-order valence-electron chi connectivity index (χ3n) is 3.86. The van der Waals surface area contributed by atoms with Crippen LogP contribution in [-0.4, -0.2) is 34.5 Å². The molecule has 0 fully saturated rings. The molecule has 0 aliphatic rings. The lowest BCUT2D eigenvalue weighted by Gasteiger charge is -2.12. The summed E-state index contributed by atoms with van der Waals surface area (Å²) in [7, 11) is 1.28. The van der Waals surface area contributed by atoms with Crippen molar-refractivity contribution in [2.75, 3.05) is 13.7 Å². The molecule has 0 atom stereocenters. The highest BCUT2D eigenvalue weighted by Crippen LogP contribution is 2.27. The molecule has 0 unspecified atom stereocenters. The summed E-state index contributed by atoms with van der Waals surface area (Å²) in [6.45, 7) is 1.35. The van der Waals surface area contributed by atoms with Gasteiger partial charge >= 0.3 is 5.97 Å². The Morgan fingerprint density at radius 1 is 1.30 bits per heavy atom. The number of carbonyl (C=O) groups excluding carboxylic acids is 1. The highest BCUT2D eigenvalue weighted by Gasteiger charge is 2.18. The summed E-state index contributed by atoms with van der Waals surface area (Å²) in [6, 6.07) is 7.91. The maximum absolute atomic E-state index is 12.6. The number of aromatic hydroxyl groups is 1. The van der Waals surface area contributed by atoms with E-state index in [-0.39, 0.29) is 36.4 Å². The third-order valence-corrected chi connectivity index (χ3v) is 3.86. The van der Waals surface area contributed by atoms with Crippen LogP contribution in [0.1, 0.15) is 27.9 Å². The van der Waals surface area contributed by atoms with E-state index in [9.17, 15) is 20.0 Å². The van der Waals surface area contributed by atoms with E-state index >= 15 is 0 Å². The summed E-state index contributed by atoms with van der Waals surface area (Å²) in [5, 5.41) is 36.3. The van der Waals surface area contributed by atoms with Gasteiger partial charge in [0.25, 0.3) is 5.56 Å². The quantitative estimate of drug-likeness (QED) is 0.591. The molecule has 27 heavy (non-hydrogen) atoms. The molecule has 0 aliphatic heterocycles. The summed E-state index contributed by atoms with van der Waals surface area (Å²) in [5.74, 6) is -0.951. The van der Waals surface area contributed by atoms with E-state index in [1.807, 2.05) is 6.07 Å². The van der Waals surface area contributed by atoms with Crippen LogP contribution in [0, 0.1) is 18.3 Å². The van der Waals surface area contributed by atoms with Crippen LogP contribution < -0.4 is 5.56 Å². The molecule has 140 valence electrons. The van der Waals surface area contributed by atoms with E-state index in [4.69, 9.17) is 5.11 Å². The molecule has 9 heteroatoms. The van der Waals surface area contributed by atoms with Crippen LogP contribution in [0.2, 0.25) is 0 Å². The number of hydrogen-bond donors (Lipinski definition) is 2. The van der Waals surface area contributed by atoms with Gasteiger partial charge in [0.2, 0.25) is 5.88 Å². The number of aromatic nitrogens is 1. The van der Waals surface area contributed by atoms with Gasteiger partial charge in [-0.25, -0.2) is 4.79 Å². The first kappa shape index (κ1) is 19.8. The maximum atomic E-state index is 12.6. The molecule has 1 aromatic heterocycles. The zero-order chi connectivity index (χ0) is 20.0. The lowest BCUT2D eigenvalue weighted by atomic mass is 10.1. The van der Waals surface area contributed by atoms with Gasteiger partial charge < -0.3 is 14.9 Å². The molecule has 0 radical (unpaired) electrons. The minimum atomic E-state index is -0.618. The normalized spacial score (nSPS) is 10.7. The number of aliphatic hydroxyl groups is 1. The molecule has 0 saturated carbocycles. The standard InChI is InChI=1S/C18H18N4O5/c1-11-14(10-19)16(24)22(8-3-9-23)17(25)15(11)21-20-13-6-4-12(5-7-13)18(26)27-2/h4-7,23-24H,3,8-9H2,1-2H3. The molecule has 0 amide bonds. The van der Waals surface area contributed by atoms with Gasteiger partial charge in [0.15, 0.2) is 5.69 Å². The summed E-state index contributed by atoms with van der Waals surface area (Å²) >= 11 is 0. The molecule has 0 bridgehead atoms. The van der Waals surface area contributed by atoms with Crippen LogP contribution in [0.25, 0.3) is 0 Å². The second-order valence-electron chi connectivity index (χ2n) is 5.56. The molecular weight excluding hydrogens is 352 g/mol. The van der Waals surface area contributed by atoms with Crippen molar-refractivity contribution in [3.63, 3.8) is 0 Å². The topological polar surface area (TPSA) is 137 Å². The number of rotatable bonds is 6. The zero-order valence-corrected chi connectivity index (χ0v) is 14.8. The Balaban J connectivity index is 2.46. The number of benzene rings is 1. The van der Waals surface area contributed by atoms with Gasteiger partial charge in [-0.05, 0) is 37.6 Å². The molecule has 0 spiro atoms. The maximum Gasteiger partial charge on any atom is 0.337 e. The van der Waals surface area contributed by atoms with Crippen LogP contribution in [0.15, 0.2) is 39.3 Å². The predicted molar refractivity (Wildman–Crippen MR) is 95.5 cm³/mol. The second-order valence-corrected chi connectivity index (χ2v) is 5.56. The SMILES string of the molecule is COC(=O)c1ccc(N=Nc2c(C)c(C#N)c(O)n(CCCO)c2=O)cc1. The van der Waals surface area contributed by atoms with Gasteiger partial charge in [0.1, 0.15) is 11.6 Å². The Bertz CT molecular complexity index is 971. The van der Waals surface area contributed by atoms with Crippen LogP contribution in [0.3, 0.4) is 0 Å². The molecule has 9 nitrogen and oxygen atoms in total. The minimum absolute atomic E-state index is 0.0342. The Morgan fingerprint density at radius 2 is 1.96 bits per heavy atom. The minimum Gasteiger partial charge on any atom is -0.493 e. The fraction of sp³-hybridized carbons (Fsp3) is 0.278. The molecule has 0 aliphatic carbocycles. The number of nitrogens with zero attached hydrogens (tertiary/aromatic N) is 4. The van der Waals surface area contributed by atoms with Crippen LogP contribution in [0.5, 0.6) is 5.88 Å². The number of hydrogen-bond acceptors (Lipinski definition) is 8. The number of methoxy groups -OCH3 is 1. The van der Waals surface area contributed by atoms with Gasteiger partial charge in [-0.15, -0.1) is 5.11 Å². The average Bonchev–Trinajstić information content (AvgIpc) is 2.68. The number of aliphatic hydroxyl groups excluding tert-OH is 1. The molecule has 2 N–H and O–H groups in total. The van der Waals surface area contributed by atoms with E-state index in [0.717, 1.165) is 4.57 Å². The Hall–Kier alpha value is -3.51. The first-order chi connectivity index (χ1) is 12.9. The fourth-order valence-corrected chi connectivity index (χ4v) is 2.38. The average molecular weight is 370 g/mol. The van der Waals surface area contributed by atoms with Crippen molar-refractivity contribution in [1.82, 2.24) is 4.57 Å². The fourth-order valence-electron chi connectivity index (χ4n) is 2.38. The van der Waals surface area contributed by atoms with Crippen molar-refractivity contribution in [3.8, 4) is 11.9 Å². The highest BCUT2D eigenvalue weighted by atomic mass is 16.5. The number of esters is 1. The lowest BCUT2D eigenvalue weighted by Crippen LogP contribution is -2.22. The monoisotopic (exact) mass is 370 g/mol. The van der Waals surface area contributed by atoms with Crippen LogP contribution in [-0.2, 0) is 11.3 Å². The van der Waals surface area contributed by atoms with Crippen LogP contribution >= 0.6 is 0 Å². The smallest absolute Gasteiger partial charge is 0.337 e. The van der Waals surface area contributed by atoms with Crippen molar-refractivity contribution >= 4 is 17.3 Å². The number of carbonyl (C=O) groups is 1. The van der Waals surface area contributed by atoms with Crippen molar-refractivity contribution in [1.29, 1.82) is 5.26 Å². The number of nitriles is 1. The number of azo groups is 1. The molecule has 1 aromatic carbocycles. The van der Waals surface area contributed by atoms with Crippen molar-refractivity contribution in [3.05, 3.63) is 51.3 Å². The molecular formula is C18H18N4O5. The summed E-state index contributed by atoms with van der Waals surface area (Å²) < 4.78 is 5.59. The molecule has 1 heterocycles. The van der Waals surface area contributed by atoms with Gasteiger partial charge in [0, 0.05) is 18.7 Å². The molecule has 2 aromatic rings. The zero-order valence-electron chi connectivity index (χ0n) is 14.8. The highest BCUT2D eigenvalue weighted by molar-refractivity contribution is 5.89. The first-order valence-electron chi connectivity index (χ1n) is 8.02. The van der Waals surface area contributed by atoms with Gasteiger partial charge in [0.05, 0.1) is 18.4 Å². The Kier molecular flexibility index (Phi) is 6.41. The Labute approximate surface area is 154 Å². The lowest BCUT2D eigenvalue weighted by molar-refractivity contribution is 0.0600. The van der Waals surface area contributed by atoms with E-state index < -0.39 is 17.4 Å². The van der Waals surface area contributed by atoms with E-state index in [0.29, 0.717) is 11.3 Å². The third kappa shape index (κ3) is 4.19. The van der Waals surface area contributed by atoms with Gasteiger partial charge in [-0.3, -0.25) is 9.36 Å². The predicted octanol–water partition coefficient (Wildman–Crippen LogP) is 2.32. The van der Waals surface area contributed by atoms with Gasteiger partial charge in [-0.1, -0.05) is 0 Å². The van der Waals surface area contributed by atoms with E-state index in [1.165, 1.54) is 38.3 Å². The summed E-state index contributed by atoms with van der Waals surface area (Å²) in [4.78, 5) is 24.0.